The topological polar surface area (TPSA) is 145 Å². The summed E-state index contributed by atoms with van der Waals surface area (Å²) in [7, 11) is -3.25. The fourth-order valence-corrected chi connectivity index (χ4v) is 3.45. The zero-order valence-corrected chi connectivity index (χ0v) is 12.6. The first-order valence-corrected chi connectivity index (χ1v) is 7.97. The Morgan fingerprint density at radius 2 is 1.52 bits per heavy atom. The maximum atomic E-state index is 11.7. The largest absolute Gasteiger partial charge is 0.236 e. The van der Waals surface area contributed by atoms with E-state index in [-0.39, 0.29) is 11.7 Å². The lowest BCUT2D eigenvalue weighted by atomic mass is 9.91. The number of aliphatic imine (C=N–C) groups is 1. The van der Waals surface area contributed by atoms with Crippen LogP contribution in [0.5, 0.6) is 0 Å². The van der Waals surface area contributed by atoms with Crippen LogP contribution in [0.25, 0.3) is 0 Å². The quantitative estimate of drug-likeness (QED) is 0.595. The molecule has 1 rings (SSSR count). The van der Waals surface area contributed by atoms with Gasteiger partial charge >= 0.3 is 0 Å². The van der Waals surface area contributed by atoms with Crippen LogP contribution in [0.2, 0.25) is 0 Å². The Morgan fingerprint density at radius 1 is 1.10 bits per heavy atom. The molecule has 0 aliphatic heterocycles. The van der Waals surface area contributed by atoms with E-state index in [0.29, 0.717) is 0 Å². The van der Waals surface area contributed by atoms with E-state index in [1.807, 2.05) is 0 Å². The van der Waals surface area contributed by atoms with Crippen LogP contribution >= 0.6 is 0 Å². The van der Waals surface area contributed by atoms with Crippen molar-refractivity contribution in [3.05, 3.63) is 0 Å². The summed E-state index contributed by atoms with van der Waals surface area (Å²) in [4.78, 5) is 30.0. The Kier molecular flexibility index (Phi) is 13.3. The molecule has 1 atom stereocenters. The van der Waals surface area contributed by atoms with Gasteiger partial charge in [0.2, 0.25) is 18.2 Å². The molecule has 0 amide bonds. The molecule has 9 heteroatoms. The fraction of sp³-hybridized carbons (Fsp3) is 0.750. The third-order valence-corrected chi connectivity index (χ3v) is 5.03. The Balaban J connectivity index is 0. The second-order valence-electron chi connectivity index (χ2n) is 4.36. The predicted octanol–water partition coefficient (Wildman–Crippen LogP) is 1.47. The average molecular weight is 317 g/mol. The monoisotopic (exact) mass is 317 g/mol. The molecule has 0 aromatic rings. The molecular formula is C12H19N3O5S. The predicted molar refractivity (Wildman–Crippen MR) is 74.8 cm³/mol. The van der Waals surface area contributed by atoms with Crippen LogP contribution in [-0.2, 0) is 24.2 Å². The fourth-order valence-electron chi connectivity index (χ4n) is 1.98. The molecule has 2 N–H and O–H groups in total. The minimum absolute atomic E-state index is 0.166. The normalized spacial score (nSPS) is 15.5. The molecule has 0 aromatic heterocycles. The number of isocyanates is 3. The van der Waals surface area contributed by atoms with Crippen molar-refractivity contribution in [2.75, 3.05) is 5.75 Å². The second-order valence-corrected chi connectivity index (χ2v) is 6.70. The van der Waals surface area contributed by atoms with Crippen molar-refractivity contribution in [1.29, 1.82) is 10.8 Å². The van der Waals surface area contributed by atoms with Crippen LogP contribution in [0.1, 0.15) is 39.0 Å². The number of sulfone groups is 1. The molecule has 0 heterocycles. The van der Waals surface area contributed by atoms with E-state index in [0.717, 1.165) is 37.8 Å². The highest BCUT2D eigenvalue weighted by atomic mass is 32.2. The van der Waals surface area contributed by atoms with Gasteiger partial charge in [0.15, 0.2) is 15.2 Å². The van der Waals surface area contributed by atoms with Crippen molar-refractivity contribution in [3.8, 4) is 0 Å². The molecule has 0 bridgehead atoms. The van der Waals surface area contributed by atoms with Gasteiger partial charge in [0, 0.05) is 0 Å². The van der Waals surface area contributed by atoms with Crippen molar-refractivity contribution >= 4 is 28.1 Å². The molecule has 1 fully saturated rings. The summed E-state index contributed by atoms with van der Waals surface area (Å²) in [5, 5.41) is 9.87. The molecule has 0 radical (unpaired) electrons. The van der Waals surface area contributed by atoms with E-state index in [9.17, 15) is 13.2 Å². The highest BCUT2D eigenvalue weighted by Crippen LogP contribution is 2.25. The van der Waals surface area contributed by atoms with Gasteiger partial charge in [-0.3, -0.25) is 0 Å². The number of nitrogens with one attached hydrogen (secondary N) is 2. The van der Waals surface area contributed by atoms with Crippen molar-refractivity contribution in [3.63, 3.8) is 0 Å². The highest BCUT2D eigenvalue weighted by molar-refractivity contribution is 7.92. The molecule has 0 spiro atoms. The molecule has 0 saturated heterocycles. The lowest BCUT2D eigenvalue weighted by Gasteiger charge is -2.21. The van der Waals surface area contributed by atoms with Crippen molar-refractivity contribution in [2.45, 2.75) is 44.4 Å². The summed E-state index contributed by atoms with van der Waals surface area (Å²) < 4.78 is 23.4. The van der Waals surface area contributed by atoms with Crippen LogP contribution in [-0.4, -0.2) is 37.8 Å². The molecule has 1 aliphatic rings. The molecule has 0 aromatic carbocycles. The van der Waals surface area contributed by atoms with Gasteiger partial charge in [0.1, 0.15) is 0 Å². The highest BCUT2D eigenvalue weighted by Gasteiger charge is 2.26. The first-order chi connectivity index (χ1) is 9.89. The summed E-state index contributed by atoms with van der Waals surface area (Å²) >= 11 is 0. The van der Waals surface area contributed by atoms with Gasteiger partial charge in [-0.2, -0.15) is 4.99 Å². The Labute approximate surface area is 123 Å². The lowest BCUT2D eigenvalue weighted by molar-refractivity contribution is 0.384. The third-order valence-electron chi connectivity index (χ3n) is 2.95. The number of hydrogen-bond acceptors (Lipinski definition) is 8. The van der Waals surface area contributed by atoms with Crippen LogP contribution in [0.15, 0.2) is 4.99 Å². The molecule has 1 unspecified atom stereocenters. The Hall–Kier alpha value is -1.91. The Morgan fingerprint density at radius 3 is 1.90 bits per heavy atom. The first-order valence-electron chi connectivity index (χ1n) is 6.25. The van der Waals surface area contributed by atoms with Gasteiger partial charge in [0.05, 0.1) is 5.75 Å². The molecule has 1 aliphatic carbocycles. The van der Waals surface area contributed by atoms with E-state index in [1.54, 1.807) is 0 Å². The van der Waals surface area contributed by atoms with E-state index >= 15 is 0 Å². The van der Waals surface area contributed by atoms with Crippen LogP contribution in [0.4, 0.5) is 0 Å². The zero-order chi connectivity index (χ0) is 16.7. The van der Waals surface area contributed by atoms with Crippen LogP contribution < -0.4 is 0 Å². The van der Waals surface area contributed by atoms with Gasteiger partial charge in [-0.05, 0) is 25.7 Å². The van der Waals surface area contributed by atoms with Gasteiger partial charge < -0.3 is 0 Å². The third kappa shape index (κ3) is 11.6. The van der Waals surface area contributed by atoms with Crippen molar-refractivity contribution in [1.82, 2.24) is 0 Å². The minimum atomic E-state index is -3.25. The van der Waals surface area contributed by atoms with Gasteiger partial charge in [-0.15, -0.1) is 0 Å². The maximum absolute atomic E-state index is 11.7. The summed E-state index contributed by atoms with van der Waals surface area (Å²) in [5.74, 6) is 0.423. The summed E-state index contributed by atoms with van der Waals surface area (Å²) in [6.45, 7) is 1.43. The number of rotatable bonds is 4. The van der Waals surface area contributed by atoms with E-state index in [2.05, 4.69) is 4.99 Å². The van der Waals surface area contributed by atoms with Crippen molar-refractivity contribution in [2.24, 2.45) is 10.9 Å². The maximum Gasteiger partial charge on any atom is 0.236 e. The van der Waals surface area contributed by atoms with E-state index in [4.69, 9.17) is 20.4 Å². The molecular weight excluding hydrogens is 298 g/mol. The molecule has 118 valence electrons. The van der Waals surface area contributed by atoms with Crippen LogP contribution in [0, 0.1) is 16.7 Å². The van der Waals surface area contributed by atoms with Gasteiger partial charge in [0.25, 0.3) is 0 Å². The minimum Gasteiger partial charge on any atom is -0.227 e. The number of nitrogens with zero attached hydrogens (tertiary/aromatic N) is 1. The number of hydrogen-bond donors (Lipinski definition) is 2. The Bertz CT molecular complexity index is 481. The average Bonchev–Trinajstić information content (AvgIpc) is 2.41. The lowest BCUT2D eigenvalue weighted by Crippen LogP contribution is -2.25. The van der Waals surface area contributed by atoms with Crippen molar-refractivity contribution < 1.29 is 22.8 Å². The summed E-state index contributed by atoms with van der Waals surface area (Å²) in [6, 6.07) is 0. The van der Waals surface area contributed by atoms with E-state index in [1.165, 1.54) is 19.4 Å². The first kappa shape index (κ1) is 21.4. The molecule has 8 nitrogen and oxygen atoms in total. The number of carbonyl (C=O) groups excluding carboxylic acids is 3. The molecule has 21 heavy (non-hydrogen) atoms. The van der Waals surface area contributed by atoms with E-state index < -0.39 is 15.2 Å². The molecule has 1 saturated carbocycles. The summed E-state index contributed by atoms with van der Waals surface area (Å²) in [5.41, 5.74) is 0. The van der Waals surface area contributed by atoms with Gasteiger partial charge in [-0.1, -0.05) is 19.3 Å². The van der Waals surface area contributed by atoms with Crippen LogP contribution in [0.3, 0.4) is 0 Å². The second kappa shape index (κ2) is 13.1. The standard InChI is InChI=1S/C10H17NO3S.2CHNO/c1-9(11-8-12)15(13,14)7-10-5-3-2-4-6-10;2*2-1-3/h9-10H,2-7H2,1H3;2*2H. The zero-order valence-electron chi connectivity index (χ0n) is 11.8. The SMILES string of the molecule is CC(N=C=O)S(=O)(=O)CC1CCCCC1.N=C=O.N=C=O. The smallest absolute Gasteiger partial charge is 0.227 e. The summed E-state index contributed by atoms with van der Waals surface area (Å²) in [6.07, 6.45) is 8.21. The van der Waals surface area contributed by atoms with Gasteiger partial charge in [-0.25, -0.2) is 33.6 Å².